The molecule has 0 bridgehead atoms. The van der Waals surface area contributed by atoms with Gasteiger partial charge in [-0.25, -0.2) is 9.78 Å². The summed E-state index contributed by atoms with van der Waals surface area (Å²) >= 11 is 0. The van der Waals surface area contributed by atoms with Gasteiger partial charge < -0.3 is 19.2 Å². The van der Waals surface area contributed by atoms with Gasteiger partial charge in [0.05, 0.1) is 37.5 Å². The molecule has 1 aromatic heterocycles. The van der Waals surface area contributed by atoms with Crippen molar-refractivity contribution in [2.24, 2.45) is 0 Å². The maximum atomic E-state index is 12.4. The van der Waals surface area contributed by atoms with Crippen LogP contribution in [0.1, 0.15) is 21.8 Å². The molecule has 0 aliphatic rings. The maximum Gasteiger partial charge on any atom is 0.337 e. The average molecular weight is 380 g/mol. The third kappa shape index (κ3) is 4.20. The average Bonchev–Trinajstić information content (AvgIpc) is 3.07. The number of methoxy groups -OCH3 is 2. The fourth-order valence-electron chi connectivity index (χ4n) is 2.73. The summed E-state index contributed by atoms with van der Waals surface area (Å²) in [5.41, 5.74) is 2.10. The Hall–Kier alpha value is -3.61. The Morgan fingerprint density at radius 1 is 1.11 bits per heavy atom. The fourth-order valence-corrected chi connectivity index (χ4v) is 2.73. The lowest BCUT2D eigenvalue weighted by Gasteiger charge is -2.06. The first-order valence-corrected chi connectivity index (χ1v) is 8.59. The Kier molecular flexibility index (Phi) is 5.74. The molecule has 144 valence electrons. The summed E-state index contributed by atoms with van der Waals surface area (Å²) in [4.78, 5) is 28.5. The number of anilines is 1. The highest BCUT2D eigenvalue weighted by molar-refractivity contribution is 5.95. The number of hydrogen-bond acceptors (Lipinski definition) is 6. The van der Waals surface area contributed by atoms with Gasteiger partial charge in [0.2, 0.25) is 11.8 Å². The lowest BCUT2D eigenvalue weighted by Crippen LogP contribution is -2.15. The number of carbonyl (C=O) groups is 2. The molecule has 0 radical (unpaired) electrons. The fraction of sp³-hybridized carbons (Fsp3) is 0.190. The van der Waals surface area contributed by atoms with Crippen molar-refractivity contribution in [3.8, 4) is 17.2 Å². The van der Waals surface area contributed by atoms with E-state index >= 15 is 0 Å². The SMILES string of the molecule is COC(=O)c1cccc(NC(=O)Cc2nc(-c3ccccc3OC)oc2C)c1. The van der Waals surface area contributed by atoms with Crippen LogP contribution in [0, 0.1) is 6.92 Å². The lowest BCUT2D eigenvalue weighted by molar-refractivity contribution is -0.115. The second-order valence-corrected chi connectivity index (χ2v) is 6.02. The van der Waals surface area contributed by atoms with Gasteiger partial charge in [-0.15, -0.1) is 0 Å². The minimum atomic E-state index is -0.468. The first-order chi connectivity index (χ1) is 13.5. The summed E-state index contributed by atoms with van der Waals surface area (Å²) in [6.45, 7) is 1.76. The van der Waals surface area contributed by atoms with Gasteiger partial charge in [0.15, 0.2) is 0 Å². The van der Waals surface area contributed by atoms with E-state index in [9.17, 15) is 9.59 Å². The monoisotopic (exact) mass is 380 g/mol. The maximum absolute atomic E-state index is 12.4. The zero-order valence-corrected chi connectivity index (χ0v) is 15.8. The number of aromatic nitrogens is 1. The minimum absolute atomic E-state index is 0.0347. The van der Waals surface area contributed by atoms with E-state index in [-0.39, 0.29) is 12.3 Å². The number of carbonyl (C=O) groups excluding carboxylic acids is 2. The van der Waals surface area contributed by atoms with E-state index in [0.29, 0.717) is 39.9 Å². The Morgan fingerprint density at radius 3 is 2.64 bits per heavy atom. The molecule has 3 aromatic rings. The summed E-state index contributed by atoms with van der Waals surface area (Å²) in [5, 5.41) is 2.76. The molecule has 1 heterocycles. The summed E-state index contributed by atoms with van der Waals surface area (Å²) < 4.78 is 15.7. The quantitative estimate of drug-likeness (QED) is 0.657. The standard InChI is InChI=1S/C21H20N2O5/c1-13-17(23-20(28-13)16-9-4-5-10-18(16)26-2)12-19(24)22-15-8-6-7-14(11-15)21(25)27-3/h4-11H,12H2,1-3H3,(H,22,24). The summed E-state index contributed by atoms with van der Waals surface area (Å²) in [7, 11) is 2.88. The van der Waals surface area contributed by atoms with Crippen LogP contribution in [-0.2, 0) is 16.0 Å². The number of aryl methyl sites for hydroxylation is 1. The molecule has 0 spiro atoms. The van der Waals surface area contributed by atoms with Crippen LogP contribution in [0.15, 0.2) is 52.9 Å². The highest BCUT2D eigenvalue weighted by Gasteiger charge is 2.17. The predicted octanol–water partition coefficient (Wildman–Crippen LogP) is 3.63. The zero-order chi connectivity index (χ0) is 20.1. The first kappa shape index (κ1) is 19.2. The second-order valence-electron chi connectivity index (χ2n) is 6.02. The van der Waals surface area contributed by atoms with Crippen molar-refractivity contribution < 1.29 is 23.5 Å². The minimum Gasteiger partial charge on any atom is -0.496 e. The number of ether oxygens (including phenoxy) is 2. The Bertz CT molecular complexity index is 1010. The lowest BCUT2D eigenvalue weighted by atomic mass is 10.2. The molecule has 0 atom stereocenters. The third-order valence-corrected chi connectivity index (χ3v) is 4.13. The number of benzene rings is 2. The van der Waals surface area contributed by atoms with Gasteiger partial charge in [-0.1, -0.05) is 18.2 Å². The number of oxazole rings is 1. The van der Waals surface area contributed by atoms with E-state index in [1.807, 2.05) is 24.3 Å². The van der Waals surface area contributed by atoms with Crippen LogP contribution in [0.2, 0.25) is 0 Å². The molecule has 0 fully saturated rings. The van der Waals surface area contributed by atoms with Crippen molar-refractivity contribution in [1.29, 1.82) is 0 Å². The van der Waals surface area contributed by atoms with Crippen LogP contribution in [0.5, 0.6) is 5.75 Å². The largest absolute Gasteiger partial charge is 0.496 e. The predicted molar refractivity (Wildman–Crippen MR) is 103 cm³/mol. The molecule has 7 heteroatoms. The normalized spacial score (nSPS) is 10.4. The van der Waals surface area contributed by atoms with Crippen LogP contribution in [0.3, 0.4) is 0 Å². The van der Waals surface area contributed by atoms with E-state index in [1.54, 1.807) is 38.3 Å². The van der Waals surface area contributed by atoms with Gasteiger partial charge in [0.25, 0.3) is 0 Å². The smallest absolute Gasteiger partial charge is 0.337 e. The van der Waals surface area contributed by atoms with E-state index < -0.39 is 5.97 Å². The van der Waals surface area contributed by atoms with E-state index in [0.717, 1.165) is 0 Å². The first-order valence-electron chi connectivity index (χ1n) is 8.59. The molecule has 0 saturated heterocycles. The zero-order valence-electron chi connectivity index (χ0n) is 15.8. The molecule has 1 N–H and O–H groups in total. The molecule has 7 nitrogen and oxygen atoms in total. The van der Waals surface area contributed by atoms with Gasteiger partial charge in [0, 0.05) is 5.69 Å². The number of esters is 1. The number of nitrogens with one attached hydrogen (secondary N) is 1. The van der Waals surface area contributed by atoms with Crippen molar-refractivity contribution in [2.45, 2.75) is 13.3 Å². The van der Waals surface area contributed by atoms with Gasteiger partial charge in [0.1, 0.15) is 11.5 Å². The van der Waals surface area contributed by atoms with Gasteiger partial charge in [-0.05, 0) is 37.3 Å². The second kappa shape index (κ2) is 8.39. The summed E-state index contributed by atoms with van der Waals surface area (Å²) in [6.07, 6.45) is 0.0347. The molecule has 28 heavy (non-hydrogen) atoms. The van der Waals surface area contributed by atoms with Crippen molar-refractivity contribution >= 4 is 17.6 Å². The van der Waals surface area contributed by atoms with Crippen LogP contribution < -0.4 is 10.1 Å². The van der Waals surface area contributed by atoms with Gasteiger partial charge >= 0.3 is 5.97 Å². The highest BCUT2D eigenvalue weighted by Crippen LogP contribution is 2.30. The molecule has 3 rings (SSSR count). The number of amides is 1. The topological polar surface area (TPSA) is 90.7 Å². The van der Waals surface area contributed by atoms with Crippen molar-refractivity contribution in [3.63, 3.8) is 0 Å². The Balaban J connectivity index is 1.75. The van der Waals surface area contributed by atoms with E-state index in [1.165, 1.54) is 7.11 Å². The molecule has 0 unspecified atom stereocenters. The molecular formula is C21H20N2O5. The highest BCUT2D eigenvalue weighted by atomic mass is 16.5. The van der Waals surface area contributed by atoms with Crippen LogP contribution in [0.25, 0.3) is 11.5 Å². The Labute approximate surface area is 162 Å². The third-order valence-electron chi connectivity index (χ3n) is 4.13. The van der Waals surface area contributed by atoms with E-state index in [2.05, 4.69) is 15.0 Å². The van der Waals surface area contributed by atoms with Gasteiger partial charge in [-0.3, -0.25) is 4.79 Å². The molecule has 0 saturated carbocycles. The van der Waals surface area contributed by atoms with Gasteiger partial charge in [-0.2, -0.15) is 0 Å². The number of nitrogens with zero attached hydrogens (tertiary/aromatic N) is 1. The molecule has 2 aromatic carbocycles. The van der Waals surface area contributed by atoms with Crippen LogP contribution >= 0.6 is 0 Å². The number of para-hydroxylation sites is 1. The van der Waals surface area contributed by atoms with Crippen LogP contribution in [-0.4, -0.2) is 31.1 Å². The van der Waals surface area contributed by atoms with Crippen molar-refractivity contribution in [3.05, 3.63) is 65.5 Å². The van der Waals surface area contributed by atoms with E-state index in [4.69, 9.17) is 9.15 Å². The number of rotatable bonds is 6. The van der Waals surface area contributed by atoms with Crippen molar-refractivity contribution in [1.82, 2.24) is 4.98 Å². The van der Waals surface area contributed by atoms with Crippen LogP contribution in [0.4, 0.5) is 5.69 Å². The summed E-state index contributed by atoms with van der Waals surface area (Å²) in [5.74, 6) is 0.846. The molecular weight excluding hydrogens is 360 g/mol. The number of hydrogen-bond donors (Lipinski definition) is 1. The molecule has 1 amide bonds. The Morgan fingerprint density at radius 2 is 1.89 bits per heavy atom. The van der Waals surface area contributed by atoms with Crippen molar-refractivity contribution in [2.75, 3.05) is 19.5 Å². The molecule has 0 aliphatic carbocycles. The summed E-state index contributed by atoms with van der Waals surface area (Å²) in [6, 6.07) is 13.9. The molecule has 0 aliphatic heterocycles.